The number of carbonyl (C=O) groups excluding carboxylic acids is 1. The third kappa shape index (κ3) is 5.72. The number of hydrogen-bond donors (Lipinski definition) is 1. The molecule has 1 saturated carbocycles. The predicted molar refractivity (Wildman–Crippen MR) is 92.2 cm³/mol. The summed E-state index contributed by atoms with van der Waals surface area (Å²) in [6.45, 7) is 0.737. The monoisotopic (exact) mass is 345 g/mol. The molecule has 0 aromatic heterocycles. The van der Waals surface area contributed by atoms with Crippen molar-refractivity contribution in [2.75, 3.05) is 12.3 Å². The minimum absolute atomic E-state index is 0.241. The second kappa shape index (κ2) is 8.92. The van der Waals surface area contributed by atoms with Gasteiger partial charge in [0.05, 0.1) is 10.0 Å². The molecule has 1 aliphatic rings. The van der Waals surface area contributed by atoms with Crippen molar-refractivity contribution in [1.29, 1.82) is 0 Å². The maximum absolute atomic E-state index is 12.0. The van der Waals surface area contributed by atoms with Crippen LogP contribution in [0.25, 0.3) is 0 Å². The lowest BCUT2D eigenvalue weighted by molar-refractivity contribution is -0.125. The topological polar surface area (TPSA) is 29.1 Å². The van der Waals surface area contributed by atoms with E-state index in [0.29, 0.717) is 10.0 Å². The first-order chi connectivity index (χ1) is 10.2. The fourth-order valence-electron chi connectivity index (χ4n) is 2.57. The molecule has 116 valence electrons. The highest BCUT2D eigenvalue weighted by atomic mass is 35.5. The van der Waals surface area contributed by atoms with Crippen molar-refractivity contribution in [2.24, 2.45) is 5.92 Å². The summed E-state index contributed by atoms with van der Waals surface area (Å²) in [6, 6.07) is 5.71. The summed E-state index contributed by atoms with van der Waals surface area (Å²) in [6.07, 6.45) is 5.79. The van der Waals surface area contributed by atoms with Crippen LogP contribution in [0.1, 0.15) is 37.7 Å². The molecule has 1 amide bonds. The molecule has 0 atom stereocenters. The molecule has 2 nitrogen and oxygen atoms in total. The van der Waals surface area contributed by atoms with Gasteiger partial charge in [-0.05, 0) is 30.5 Å². The molecule has 0 aliphatic heterocycles. The van der Waals surface area contributed by atoms with Crippen LogP contribution in [0.15, 0.2) is 18.2 Å². The van der Waals surface area contributed by atoms with E-state index in [1.165, 1.54) is 19.3 Å². The van der Waals surface area contributed by atoms with Crippen molar-refractivity contribution in [2.45, 2.75) is 37.9 Å². The molecule has 1 aromatic carbocycles. The minimum Gasteiger partial charge on any atom is -0.355 e. The summed E-state index contributed by atoms with van der Waals surface area (Å²) in [7, 11) is 0. The summed E-state index contributed by atoms with van der Waals surface area (Å²) in [5.74, 6) is 2.29. The third-order valence-corrected chi connectivity index (χ3v) is 5.54. The molecule has 0 unspecified atom stereocenters. The van der Waals surface area contributed by atoms with E-state index < -0.39 is 0 Å². The lowest BCUT2D eigenvalue weighted by Gasteiger charge is -2.20. The van der Waals surface area contributed by atoms with Gasteiger partial charge in [-0.3, -0.25) is 4.79 Å². The van der Waals surface area contributed by atoms with Gasteiger partial charge in [-0.2, -0.15) is 11.8 Å². The highest BCUT2D eigenvalue weighted by Gasteiger charge is 2.20. The molecule has 1 aliphatic carbocycles. The van der Waals surface area contributed by atoms with Crippen molar-refractivity contribution < 1.29 is 4.79 Å². The zero-order chi connectivity index (χ0) is 15.1. The second-order valence-corrected chi connectivity index (χ2v) is 7.35. The summed E-state index contributed by atoms with van der Waals surface area (Å²) >= 11 is 13.7. The Kier molecular flexibility index (Phi) is 7.21. The number of amides is 1. The highest BCUT2D eigenvalue weighted by Crippen LogP contribution is 2.25. The van der Waals surface area contributed by atoms with Gasteiger partial charge >= 0.3 is 0 Å². The van der Waals surface area contributed by atoms with E-state index in [2.05, 4.69) is 5.32 Å². The molecule has 0 spiro atoms. The van der Waals surface area contributed by atoms with E-state index in [4.69, 9.17) is 23.2 Å². The van der Waals surface area contributed by atoms with Crippen LogP contribution in [-0.4, -0.2) is 18.2 Å². The largest absolute Gasteiger partial charge is 0.355 e. The Labute approximate surface area is 141 Å². The molecule has 0 heterocycles. The van der Waals surface area contributed by atoms with Gasteiger partial charge in [0.25, 0.3) is 0 Å². The van der Waals surface area contributed by atoms with Gasteiger partial charge < -0.3 is 5.32 Å². The van der Waals surface area contributed by atoms with Crippen LogP contribution in [0, 0.1) is 5.92 Å². The first-order valence-electron chi connectivity index (χ1n) is 7.46. The average molecular weight is 346 g/mol. The Balaban J connectivity index is 1.61. The van der Waals surface area contributed by atoms with Crippen LogP contribution in [0.3, 0.4) is 0 Å². The van der Waals surface area contributed by atoms with Gasteiger partial charge in [-0.1, -0.05) is 48.5 Å². The summed E-state index contributed by atoms with van der Waals surface area (Å²) in [4.78, 5) is 12.0. The molecular formula is C16H21Cl2NOS. The number of nitrogens with one attached hydrogen (secondary N) is 1. The second-order valence-electron chi connectivity index (χ2n) is 5.43. The van der Waals surface area contributed by atoms with Crippen molar-refractivity contribution in [3.63, 3.8) is 0 Å². The number of thioether (sulfide) groups is 1. The highest BCUT2D eigenvalue weighted by molar-refractivity contribution is 7.98. The van der Waals surface area contributed by atoms with Crippen LogP contribution < -0.4 is 5.32 Å². The van der Waals surface area contributed by atoms with Gasteiger partial charge in [-0.25, -0.2) is 0 Å². The quantitative estimate of drug-likeness (QED) is 0.741. The molecule has 1 fully saturated rings. The average Bonchev–Trinajstić information content (AvgIpc) is 2.51. The Morgan fingerprint density at radius 3 is 2.67 bits per heavy atom. The van der Waals surface area contributed by atoms with E-state index in [-0.39, 0.29) is 11.8 Å². The zero-order valence-electron chi connectivity index (χ0n) is 12.0. The molecular weight excluding hydrogens is 325 g/mol. The van der Waals surface area contributed by atoms with Crippen molar-refractivity contribution in [3.8, 4) is 0 Å². The van der Waals surface area contributed by atoms with Crippen molar-refractivity contribution >= 4 is 40.9 Å². The van der Waals surface area contributed by atoms with Crippen molar-refractivity contribution in [3.05, 3.63) is 33.8 Å². The van der Waals surface area contributed by atoms with E-state index >= 15 is 0 Å². The normalized spacial score (nSPS) is 15.9. The van der Waals surface area contributed by atoms with E-state index in [1.807, 2.05) is 18.2 Å². The first-order valence-corrected chi connectivity index (χ1v) is 9.37. The molecule has 2 rings (SSSR count). The minimum atomic E-state index is 0.241. The van der Waals surface area contributed by atoms with Crippen LogP contribution in [0.5, 0.6) is 0 Å². The standard InChI is InChI=1S/C16H21Cl2NOS/c17-14-7-6-12(10-15(14)18)11-21-9-8-19-16(20)13-4-2-1-3-5-13/h6-7,10,13H,1-5,8-9,11H2,(H,19,20). The van der Waals surface area contributed by atoms with Gasteiger partial charge in [0.2, 0.25) is 5.91 Å². The Morgan fingerprint density at radius 2 is 1.95 bits per heavy atom. The molecule has 1 N–H and O–H groups in total. The number of benzene rings is 1. The fraction of sp³-hybridized carbons (Fsp3) is 0.562. The predicted octanol–water partition coefficient (Wildman–Crippen LogP) is 4.92. The number of hydrogen-bond acceptors (Lipinski definition) is 2. The maximum atomic E-state index is 12.0. The molecule has 0 bridgehead atoms. The van der Waals surface area contributed by atoms with Gasteiger partial charge in [0.1, 0.15) is 0 Å². The summed E-state index contributed by atoms with van der Waals surface area (Å²) in [5, 5.41) is 4.24. The number of rotatable bonds is 6. The first kappa shape index (κ1) is 17.0. The molecule has 0 saturated heterocycles. The van der Waals surface area contributed by atoms with E-state index in [1.54, 1.807) is 11.8 Å². The molecule has 21 heavy (non-hydrogen) atoms. The number of carbonyl (C=O) groups is 1. The Bertz CT molecular complexity index is 475. The number of halogens is 2. The van der Waals surface area contributed by atoms with Crippen LogP contribution >= 0.6 is 35.0 Å². The van der Waals surface area contributed by atoms with Gasteiger partial charge in [0, 0.05) is 24.0 Å². The Morgan fingerprint density at radius 1 is 1.19 bits per heavy atom. The lowest BCUT2D eigenvalue weighted by atomic mass is 9.89. The molecule has 5 heteroatoms. The van der Waals surface area contributed by atoms with Crippen molar-refractivity contribution in [1.82, 2.24) is 5.32 Å². The van der Waals surface area contributed by atoms with E-state index in [0.717, 1.165) is 36.5 Å². The van der Waals surface area contributed by atoms with Crippen LogP contribution in [-0.2, 0) is 10.5 Å². The van der Waals surface area contributed by atoms with E-state index in [9.17, 15) is 4.79 Å². The maximum Gasteiger partial charge on any atom is 0.223 e. The van der Waals surface area contributed by atoms with Gasteiger partial charge in [-0.15, -0.1) is 0 Å². The lowest BCUT2D eigenvalue weighted by Crippen LogP contribution is -2.33. The fourth-order valence-corrected chi connectivity index (χ4v) is 3.70. The van der Waals surface area contributed by atoms with Gasteiger partial charge in [0.15, 0.2) is 0 Å². The summed E-state index contributed by atoms with van der Waals surface area (Å²) in [5.41, 5.74) is 1.16. The van der Waals surface area contributed by atoms with Crippen LogP contribution in [0.4, 0.5) is 0 Å². The smallest absolute Gasteiger partial charge is 0.223 e. The molecule has 0 radical (unpaired) electrons. The van der Waals surface area contributed by atoms with Crippen LogP contribution in [0.2, 0.25) is 10.0 Å². The summed E-state index contributed by atoms with van der Waals surface area (Å²) < 4.78 is 0. The zero-order valence-corrected chi connectivity index (χ0v) is 14.4. The molecule has 1 aromatic rings. The SMILES string of the molecule is O=C(NCCSCc1ccc(Cl)c(Cl)c1)C1CCCCC1. The Hall–Kier alpha value is -0.380. The third-order valence-electron chi connectivity index (χ3n) is 3.77.